The number of anilines is 1. The van der Waals surface area contributed by atoms with Gasteiger partial charge in [-0.25, -0.2) is 15.0 Å². The second-order valence-electron chi connectivity index (χ2n) is 8.02. The lowest BCUT2D eigenvalue weighted by Gasteiger charge is -2.27. The van der Waals surface area contributed by atoms with Crippen molar-refractivity contribution in [2.24, 2.45) is 0 Å². The van der Waals surface area contributed by atoms with Crippen LogP contribution in [-0.4, -0.2) is 28.0 Å². The minimum Gasteiger partial charge on any atom is -0.355 e. The van der Waals surface area contributed by atoms with Crippen molar-refractivity contribution >= 4 is 37.6 Å². The molecule has 0 unspecified atom stereocenters. The highest BCUT2D eigenvalue weighted by Crippen LogP contribution is 2.42. The van der Waals surface area contributed by atoms with E-state index in [-0.39, 0.29) is 0 Å². The van der Waals surface area contributed by atoms with Crippen LogP contribution in [0.15, 0.2) is 6.33 Å². The minimum absolute atomic E-state index is 0.476. The van der Waals surface area contributed by atoms with Gasteiger partial charge in [-0.15, -0.1) is 11.3 Å². The SMILES string of the molecule is CC(C)c1nc2sc3c(N4CCCCC4)ncnc3c2c2c1CCCC2. The Hall–Kier alpha value is -1.75. The zero-order valence-electron chi connectivity index (χ0n) is 15.7. The highest BCUT2D eigenvalue weighted by molar-refractivity contribution is 7.26. The third kappa shape index (κ3) is 2.51. The summed E-state index contributed by atoms with van der Waals surface area (Å²) in [6.07, 6.45) is 10.5. The average molecular weight is 367 g/mol. The minimum atomic E-state index is 0.476. The van der Waals surface area contributed by atoms with E-state index < -0.39 is 0 Å². The molecule has 5 rings (SSSR count). The molecule has 0 aromatic carbocycles. The molecule has 0 atom stereocenters. The quantitative estimate of drug-likeness (QED) is 0.622. The molecule has 4 heterocycles. The number of hydrogen-bond acceptors (Lipinski definition) is 5. The van der Waals surface area contributed by atoms with Crippen LogP contribution in [0, 0.1) is 0 Å². The Bertz CT molecular complexity index is 969. The van der Waals surface area contributed by atoms with Gasteiger partial charge in [0.25, 0.3) is 0 Å². The van der Waals surface area contributed by atoms with Crippen molar-refractivity contribution in [2.45, 2.75) is 64.7 Å². The molecule has 1 saturated heterocycles. The summed E-state index contributed by atoms with van der Waals surface area (Å²) in [5, 5.41) is 1.32. The van der Waals surface area contributed by atoms with Crippen molar-refractivity contribution in [3.8, 4) is 0 Å². The van der Waals surface area contributed by atoms with E-state index in [4.69, 9.17) is 15.0 Å². The van der Waals surface area contributed by atoms with Gasteiger partial charge in [-0.2, -0.15) is 0 Å². The van der Waals surface area contributed by atoms with Crippen LogP contribution in [0.4, 0.5) is 5.82 Å². The van der Waals surface area contributed by atoms with Crippen LogP contribution in [-0.2, 0) is 12.8 Å². The second kappa shape index (κ2) is 6.45. The summed E-state index contributed by atoms with van der Waals surface area (Å²) in [4.78, 5) is 18.2. The molecule has 0 saturated carbocycles. The molecule has 0 N–H and O–H groups in total. The number of fused-ring (bicyclic) bond motifs is 5. The Morgan fingerprint density at radius 3 is 2.50 bits per heavy atom. The molecule has 1 fully saturated rings. The molecule has 136 valence electrons. The fraction of sp³-hybridized carbons (Fsp3) is 0.571. The van der Waals surface area contributed by atoms with Gasteiger partial charge in [-0.05, 0) is 62.0 Å². The molecule has 26 heavy (non-hydrogen) atoms. The van der Waals surface area contributed by atoms with E-state index in [2.05, 4.69) is 18.7 Å². The van der Waals surface area contributed by atoms with Crippen molar-refractivity contribution in [1.82, 2.24) is 15.0 Å². The lowest BCUT2D eigenvalue weighted by atomic mass is 9.86. The highest BCUT2D eigenvalue weighted by Gasteiger charge is 2.25. The summed E-state index contributed by atoms with van der Waals surface area (Å²) in [5.74, 6) is 1.61. The van der Waals surface area contributed by atoms with Gasteiger partial charge in [0.1, 0.15) is 17.0 Å². The molecule has 3 aromatic rings. The van der Waals surface area contributed by atoms with Crippen LogP contribution in [0.5, 0.6) is 0 Å². The van der Waals surface area contributed by atoms with E-state index in [1.165, 1.54) is 76.7 Å². The summed E-state index contributed by atoms with van der Waals surface area (Å²) >= 11 is 1.81. The molecular weight excluding hydrogens is 340 g/mol. The second-order valence-corrected chi connectivity index (χ2v) is 9.02. The molecule has 1 aliphatic heterocycles. The maximum atomic E-state index is 5.14. The first-order chi connectivity index (χ1) is 12.7. The van der Waals surface area contributed by atoms with E-state index >= 15 is 0 Å². The van der Waals surface area contributed by atoms with E-state index in [0.717, 1.165) is 24.4 Å². The average Bonchev–Trinajstić information content (AvgIpc) is 3.06. The number of rotatable bonds is 2. The molecule has 3 aromatic heterocycles. The molecule has 0 spiro atoms. The van der Waals surface area contributed by atoms with Crippen LogP contribution in [0.3, 0.4) is 0 Å². The number of piperidine rings is 1. The molecule has 4 nitrogen and oxygen atoms in total. The predicted molar refractivity (Wildman–Crippen MR) is 110 cm³/mol. The van der Waals surface area contributed by atoms with E-state index in [0.29, 0.717) is 5.92 Å². The van der Waals surface area contributed by atoms with E-state index in [1.54, 1.807) is 6.33 Å². The first-order valence-electron chi connectivity index (χ1n) is 10.1. The van der Waals surface area contributed by atoms with Crippen molar-refractivity contribution in [3.05, 3.63) is 23.1 Å². The Morgan fingerprint density at radius 1 is 0.962 bits per heavy atom. The number of nitrogens with zero attached hydrogens (tertiary/aromatic N) is 4. The standard InChI is InChI=1S/C21H26N4S/c1-13(2)17-15-9-5-4-8-14(15)16-18-19(26-21(16)24-17)20(23-12-22-18)25-10-6-3-7-11-25/h12-13H,3-11H2,1-2H3. The molecule has 1 aliphatic carbocycles. The fourth-order valence-electron chi connectivity index (χ4n) is 4.69. The van der Waals surface area contributed by atoms with Gasteiger partial charge in [0.05, 0.1) is 10.2 Å². The molecule has 0 radical (unpaired) electrons. The zero-order valence-corrected chi connectivity index (χ0v) is 16.5. The van der Waals surface area contributed by atoms with Gasteiger partial charge in [-0.3, -0.25) is 0 Å². The zero-order chi connectivity index (χ0) is 17.7. The number of pyridine rings is 1. The Morgan fingerprint density at radius 2 is 1.73 bits per heavy atom. The van der Waals surface area contributed by atoms with Gasteiger partial charge in [-0.1, -0.05) is 13.8 Å². The highest BCUT2D eigenvalue weighted by atomic mass is 32.1. The molecule has 0 amide bonds. The van der Waals surface area contributed by atoms with Gasteiger partial charge in [0, 0.05) is 24.2 Å². The van der Waals surface area contributed by atoms with Crippen molar-refractivity contribution in [2.75, 3.05) is 18.0 Å². The van der Waals surface area contributed by atoms with Gasteiger partial charge < -0.3 is 4.90 Å². The summed E-state index contributed by atoms with van der Waals surface area (Å²) < 4.78 is 1.24. The van der Waals surface area contributed by atoms with E-state index in [1.807, 2.05) is 11.3 Å². The first kappa shape index (κ1) is 16.4. The Kier molecular flexibility index (Phi) is 4.07. The van der Waals surface area contributed by atoms with Gasteiger partial charge >= 0.3 is 0 Å². The van der Waals surface area contributed by atoms with E-state index in [9.17, 15) is 0 Å². The number of thiophene rings is 1. The first-order valence-corrected chi connectivity index (χ1v) is 10.9. The third-order valence-electron chi connectivity index (χ3n) is 5.94. The monoisotopic (exact) mass is 366 g/mol. The van der Waals surface area contributed by atoms with Crippen LogP contribution in [0.25, 0.3) is 20.4 Å². The Labute approximate surface area is 158 Å². The molecule has 5 heteroatoms. The van der Waals surface area contributed by atoms with Crippen LogP contribution >= 0.6 is 11.3 Å². The van der Waals surface area contributed by atoms with Crippen molar-refractivity contribution in [3.63, 3.8) is 0 Å². The van der Waals surface area contributed by atoms with Crippen molar-refractivity contribution in [1.29, 1.82) is 0 Å². The van der Waals surface area contributed by atoms with Gasteiger partial charge in [0.15, 0.2) is 0 Å². The number of hydrogen-bond donors (Lipinski definition) is 0. The molecule has 2 aliphatic rings. The third-order valence-corrected chi connectivity index (χ3v) is 7.01. The van der Waals surface area contributed by atoms with Crippen LogP contribution in [0.2, 0.25) is 0 Å². The summed E-state index contributed by atoms with van der Waals surface area (Å²) in [6, 6.07) is 0. The number of aromatic nitrogens is 3. The normalized spacial score (nSPS) is 18.0. The van der Waals surface area contributed by atoms with Crippen LogP contribution < -0.4 is 4.90 Å². The van der Waals surface area contributed by atoms with Crippen LogP contribution in [0.1, 0.15) is 68.7 Å². The lowest BCUT2D eigenvalue weighted by Crippen LogP contribution is -2.30. The Balaban J connectivity index is 1.79. The maximum Gasteiger partial charge on any atom is 0.150 e. The predicted octanol–water partition coefficient (Wildman–Crippen LogP) is 5.23. The largest absolute Gasteiger partial charge is 0.355 e. The maximum absolute atomic E-state index is 5.14. The van der Waals surface area contributed by atoms with Crippen molar-refractivity contribution < 1.29 is 0 Å². The fourth-order valence-corrected chi connectivity index (χ4v) is 5.87. The number of aryl methyl sites for hydroxylation is 1. The molecule has 0 bridgehead atoms. The summed E-state index contributed by atoms with van der Waals surface area (Å²) in [5.41, 5.74) is 5.49. The van der Waals surface area contributed by atoms with Gasteiger partial charge in [0.2, 0.25) is 0 Å². The smallest absolute Gasteiger partial charge is 0.150 e. The molecular formula is C21H26N4S. The topological polar surface area (TPSA) is 41.9 Å². The lowest BCUT2D eigenvalue weighted by molar-refractivity contribution is 0.575. The summed E-state index contributed by atoms with van der Waals surface area (Å²) in [6.45, 7) is 6.77. The summed E-state index contributed by atoms with van der Waals surface area (Å²) in [7, 11) is 0.